The Hall–Kier alpha value is -3.32. The summed E-state index contributed by atoms with van der Waals surface area (Å²) in [5.41, 5.74) is 1.41. The SMILES string of the molecule is CCOc1cc(C2c3c(oc4ccccc4c3=O)C(=O)N2CCN(C)C)ccc1OCCC(C)C. The molecule has 7 nitrogen and oxygen atoms in total. The van der Waals surface area contributed by atoms with Crippen molar-refractivity contribution in [2.75, 3.05) is 40.4 Å². The first-order valence-corrected chi connectivity index (χ1v) is 12.2. The molecule has 35 heavy (non-hydrogen) atoms. The Balaban J connectivity index is 1.81. The van der Waals surface area contributed by atoms with E-state index in [4.69, 9.17) is 13.9 Å². The second kappa shape index (κ2) is 10.5. The predicted molar refractivity (Wildman–Crippen MR) is 136 cm³/mol. The van der Waals surface area contributed by atoms with Gasteiger partial charge in [0, 0.05) is 13.1 Å². The molecule has 186 valence electrons. The van der Waals surface area contributed by atoms with Gasteiger partial charge in [0.1, 0.15) is 5.58 Å². The first-order valence-electron chi connectivity index (χ1n) is 12.2. The van der Waals surface area contributed by atoms with E-state index in [1.165, 1.54) is 0 Å². The largest absolute Gasteiger partial charge is 0.490 e. The Kier molecular flexibility index (Phi) is 7.45. The number of carbonyl (C=O) groups is 1. The molecule has 0 spiro atoms. The summed E-state index contributed by atoms with van der Waals surface area (Å²) in [7, 11) is 3.91. The average molecular weight is 479 g/mol. The molecule has 1 aromatic heterocycles. The highest BCUT2D eigenvalue weighted by Crippen LogP contribution is 2.41. The Labute approximate surface area is 206 Å². The van der Waals surface area contributed by atoms with Crippen molar-refractivity contribution in [2.24, 2.45) is 5.92 Å². The summed E-state index contributed by atoms with van der Waals surface area (Å²) in [5, 5.41) is 0.470. The number of amides is 1. The van der Waals surface area contributed by atoms with Gasteiger partial charge in [-0.15, -0.1) is 0 Å². The number of nitrogens with zero attached hydrogens (tertiary/aromatic N) is 2. The van der Waals surface area contributed by atoms with Gasteiger partial charge in [0.15, 0.2) is 16.9 Å². The number of rotatable bonds is 10. The molecule has 1 aliphatic rings. The normalized spacial score (nSPS) is 15.3. The quantitative estimate of drug-likeness (QED) is 0.420. The summed E-state index contributed by atoms with van der Waals surface area (Å²) in [6.45, 7) is 8.40. The van der Waals surface area contributed by atoms with Crippen LogP contribution < -0.4 is 14.9 Å². The molecule has 1 amide bonds. The van der Waals surface area contributed by atoms with Crippen molar-refractivity contribution in [3.8, 4) is 11.5 Å². The van der Waals surface area contributed by atoms with Gasteiger partial charge in [-0.3, -0.25) is 9.59 Å². The van der Waals surface area contributed by atoms with Gasteiger partial charge in [0.05, 0.1) is 30.2 Å². The maximum Gasteiger partial charge on any atom is 0.290 e. The minimum atomic E-state index is -0.567. The lowest BCUT2D eigenvalue weighted by atomic mass is 9.98. The third-order valence-electron chi connectivity index (χ3n) is 6.20. The molecule has 2 aromatic carbocycles. The van der Waals surface area contributed by atoms with Crippen LogP contribution >= 0.6 is 0 Å². The fraction of sp³-hybridized carbons (Fsp3) is 0.429. The minimum absolute atomic E-state index is 0.118. The number of likely N-dealkylation sites (N-methyl/N-ethyl adjacent to an activating group) is 1. The molecule has 4 rings (SSSR count). The van der Waals surface area contributed by atoms with Gasteiger partial charge in [-0.25, -0.2) is 0 Å². The van der Waals surface area contributed by atoms with E-state index in [2.05, 4.69) is 13.8 Å². The molecule has 3 aromatic rings. The monoisotopic (exact) mass is 478 g/mol. The summed E-state index contributed by atoms with van der Waals surface area (Å²) in [5.74, 6) is 1.64. The van der Waals surface area contributed by atoms with Gasteiger partial charge in [0.2, 0.25) is 5.76 Å². The molecule has 0 N–H and O–H groups in total. The molecule has 0 fully saturated rings. The highest BCUT2D eigenvalue weighted by molar-refractivity contribution is 5.99. The van der Waals surface area contributed by atoms with Crippen LogP contribution in [0.4, 0.5) is 0 Å². The maximum absolute atomic E-state index is 13.6. The summed E-state index contributed by atoms with van der Waals surface area (Å²) < 4.78 is 17.9. The average Bonchev–Trinajstić information content (AvgIpc) is 3.10. The highest BCUT2D eigenvalue weighted by atomic mass is 16.5. The fourth-order valence-corrected chi connectivity index (χ4v) is 4.34. The molecule has 7 heteroatoms. The van der Waals surface area contributed by atoms with E-state index < -0.39 is 6.04 Å². The van der Waals surface area contributed by atoms with Gasteiger partial charge in [0.25, 0.3) is 5.91 Å². The van der Waals surface area contributed by atoms with Crippen LogP contribution in [-0.2, 0) is 0 Å². The van der Waals surface area contributed by atoms with E-state index in [0.717, 1.165) is 12.0 Å². The van der Waals surface area contributed by atoms with Crippen molar-refractivity contribution >= 4 is 16.9 Å². The number of hydrogen-bond donors (Lipinski definition) is 0. The predicted octanol–water partition coefficient (Wildman–Crippen LogP) is 4.72. The lowest BCUT2D eigenvalue weighted by Crippen LogP contribution is -2.35. The molecule has 0 aliphatic carbocycles. The van der Waals surface area contributed by atoms with Gasteiger partial charge in [-0.05, 0) is 63.2 Å². The minimum Gasteiger partial charge on any atom is -0.490 e. The third-order valence-corrected chi connectivity index (χ3v) is 6.20. The van der Waals surface area contributed by atoms with Crippen LogP contribution in [0.2, 0.25) is 0 Å². The van der Waals surface area contributed by atoms with Gasteiger partial charge < -0.3 is 23.7 Å². The van der Waals surface area contributed by atoms with Crippen molar-refractivity contribution < 1.29 is 18.7 Å². The van der Waals surface area contributed by atoms with Crippen LogP contribution in [0.3, 0.4) is 0 Å². The molecule has 1 atom stereocenters. The third kappa shape index (κ3) is 5.05. The van der Waals surface area contributed by atoms with Crippen LogP contribution in [0, 0.1) is 5.92 Å². The first-order chi connectivity index (χ1) is 16.8. The molecular weight excluding hydrogens is 444 g/mol. The fourth-order valence-electron chi connectivity index (χ4n) is 4.34. The highest BCUT2D eigenvalue weighted by Gasteiger charge is 2.42. The van der Waals surface area contributed by atoms with E-state index in [0.29, 0.717) is 60.3 Å². The molecule has 0 bridgehead atoms. The van der Waals surface area contributed by atoms with E-state index >= 15 is 0 Å². The number of benzene rings is 2. The van der Waals surface area contributed by atoms with Crippen LogP contribution in [0.5, 0.6) is 11.5 Å². The van der Waals surface area contributed by atoms with Crippen LogP contribution in [-0.4, -0.2) is 56.1 Å². The van der Waals surface area contributed by atoms with Crippen LogP contribution in [0.15, 0.2) is 51.7 Å². The van der Waals surface area contributed by atoms with Crippen molar-refractivity contribution in [1.82, 2.24) is 9.80 Å². The van der Waals surface area contributed by atoms with Gasteiger partial charge in [-0.2, -0.15) is 0 Å². The first kappa shape index (κ1) is 24.8. The number of hydrogen-bond acceptors (Lipinski definition) is 6. The molecule has 0 saturated heterocycles. The van der Waals surface area contributed by atoms with Crippen molar-refractivity contribution in [2.45, 2.75) is 33.2 Å². The molecule has 2 heterocycles. The lowest BCUT2D eigenvalue weighted by Gasteiger charge is -2.27. The van der Waals surface area contributed by atoms with Gasteiger partial charge in [-0.1, -0.05) is 32.0 Å². The standard InChI is InChI=1S/C28H34N2O5/c1-6-33-23-17-19(11-12-22(23)34-16-13-18(2)3)25-24-26(31)20-9-7-8-10-21(20)35-27(24)28(32)30(25)15-14-29(4)5/h7-12,17-18,25H,6,13-16H2,1-5H3. The molecule has 1 unspecified atom stereocenters. The number of para-hydroxylation sites is 1. The second-order valence-corrected chi connectivity index (χ2v) is 9.54. The van der Waals surface area contributed by atoms with Crippen LogP contribution in [0.25, 0.3) is 11.0 Å². The van der Waals surface area contributed by atoms with Crippen LogP contribution in [0.1, 0.15) is 54.9 Å². The van der Waals surface area contributed by atoms with E-state index in [-0.39, 0.29) is 17.1 Å². The Morgan fingerprint density at radius 1 is 1.06 bits per heavy atom. The Morgan fingerprint density at radius 3 is 2.54 bits per heavy atom. The van der Waals surface area contributed by atoms with Crippen molar-refractivity contribution in [3.63, 3.8) is 0 Å². The molecule has 0 saturated carbocycles. The molecule has 0 radical (unpaired) electrons. The number of carbonyl (C=O) groups excluding carboxylic acids is 1. The Bertz CT molecular complexity index is 1260. The smallest absolute Gasteiger partial charge is 0.290 e. The van der Waals surface area contributed by atoms with E-state index in [1.807, 2.05) is 44.1 Å². The number of fused-ring (bicyclic) bond motifs is 2. The molecule has 1 aliphatic heterocycles. The second-order valence-electron chi connectivity index (χ2n) is 9.54. The summed E-state index contributed by atoms with van der Waals surface area (Å²) in [4.78, 5) is 30.8. The van der Waals surface area contributed by atoms with Gasteiger partial charge >= 0.3 is 0 Å². The van der Waals surface area contributed by atoms with E-state index in [9.17, 15) is 9.59 Å². The number of ether oxygens (including phenoxy) is 2. The Morgan fingerprint density at radius 2 is 1.83 bits per heavy atom. The topological polar surface area (TPSA) is 72.2 Å². The molecular formula is C28H34N2O5. The summed E-state index contributed by atoms with van der Waals surface area (Å²) in [6.07, 6.45) is 0.935. The summed E-state index contributed by atoms with van der Waals surface area (Å²) in [6, 6.07) is 12.2. The lowest BCUT2D eigenvalue weighted by molar-refractivity contribution is 0.0716. The zero-order valence-electron chi connectivity index (χ0n) is 21.2. The maximum atomic E-state index is 13.6. The van der Waals surface area contributed by atoms with E-state index in [1.54, 1.807) is 29.2 Å². The van der Waals surface area contributed by atoms with Crippen molar-refractivity contribution in [1.29, 1.82) is 0 Å². The summed E-state index contributed by atoms with van der Waals surface area (Å²) >= 11 is 0. The van der Waals surface area contributed by atoms with Crippen molar-refractivity contribution in [3.05, 3.63) is 69.6 Å². The zero-order valence-corrected chi connectivity index (χ0v) is 21.2. The zero-order chi connectivity index (χ0) is 25.1.